The number of carbonyl (C=O) groups excluding carboxylic acids is 3. The van der Waals surface area contributed by atoms with Gasteiger partial charge in [0.1, 0.15) is 17.5 Å². The first-order chi connectivity index (χ1) is 18.8. The molecule has 2 N–H and O–H groups in total. The molecule has 2 aromatic rings. The highest BCUT2D eigenvalue weighted by Gasteiger charge is 2.46. The van der Waals surface area contributed by atoms with Crippen molar-refractivity contribution < 1.29 is 32.6 Å². The Hall–Kier alpha value is -3.69. The summed E-state index contributed by atoms with van der Waals surface area (Å²) in [7, 11) is 1.50. The fraction of sp³-hybridized carbons (Fsp3) is 0.500. The second kappa shape index (κ2) is 11.4. The van der Waals surface area contributed by atoms with Crippen LogP contribution in [0, 0.1) is 5.92 Å². The van der Waals surface area contributed by atoms with E-state index in [2.05, 4.69) is 10.6 Å². The van der Waals surface area contributed by atoms with E-state index >= 15 is 0 Å². The van der Waals surface area contributed by atoms with E-state index in [0.717, 1.165) is 16.0 Å². The fourth-order valence-corrected chi connectivity index (χ4v) is 5.35. The fourth-order valence-electron chi connectivity index (χ4n) is 5.35. The molecule has 2 aliphatic heterocycles. The number of rotatable bonds is 6. The topological polar surface area (TPSA) is 97.0 Å². The number of nitrogens with one attached hydrogen (secondary N) is 2. The molecule has 216 valence electrons. The third-order valence-electron chi connectivity index (χ3n) is 7.29. The van der Waals surface area contributed by atoms with Crippen LogP contribution in [-0.4, -0.2) is 67.1 Å². The first-order valence-electron chi connectivity index (χ1n) is 13.6. The Morgan fingerprint density at radius 3 is 2.45 bits per heavy atom. The Morgan fingerprint density at radius 1 is 1.12 bits per heavy atom. The Labute approximate surface area is 233 Å². The van der Waals surface area contributed by atoms with Crippen LogP contribution in [0.15, 0.2) is 42.5 Å². The molecule has 2 heterocycles. The number of likely N-dealkylation sites (tertiary alicyclic amines) is 1. The standard InChI is InChI=1S/C30H37F2N3O5/c1-18-24(19-9-7-6-8-10-19)22-15-20(16-23(25(22)39-18)27(37)33-5)26(36)34-13-11-21-12-14-35(17-30(21,31)32)28(38)40-29(2,3)4/h6-10,15-16,18,21,24H,11-14,17H2,1-5H3,(H,33,37)(H,34,36)/t18-,21?,24+/m1/s1. The summed E-state index contributed by atoms with van der Waals surface area (Å²) in [6.07, 6.45) is -0.876. The maximum Gasteiger partial charge on any atom is 0.410 e. The number of nitrogens with zero attached hydrogens (tertiary/aromatic N) is 1. The molecule has 3 atom stereocenters. The van der Waals surface area contributed by atoms with Gasteiger partial charge in [0, 0.05) is 43.1 Å². The Bertz CT molecular complexity index is 1260. The number of ether oxygens (including phenoxy) is 2. The van der Waals surface area contributed by atoms with Crippen molar-refractivity contribution in [1.82, 2.24) is 15.5 Å². The smallest absolute Gasteiger partial charge is 0.410 e. The molecular formula is C30H37F2N3O5. The van der Waals surface area contributed by atoms with Crippen LogP contribution in [-0.2, 0) is 4.74 Å². The molecule has 0 spiro atoms. The van der Waals surface area contributed by atoms with Crippen LogP contribution < -0.4 is 15.4 Å². The molecular weight excluding hydrogens is 520 g/mol. The van der Waals surface area contributed by atoms with Gasteiger partial charge in [-0.3, -0.25) is 9.59 Å². The highest BCUT2D eigenvalue weighted by atomic mass is 19.3. The Morgan fingerprint density at radius 2 is 1.82 bits per heavy atom. The lowest BCUT2D eigenvalue weighted by Gasteiger charge is -2.38. The predicted molar refractivity (Wildman–Crippen MR) is 146 cm³/mol. The lowest BCUT2D eigenvalue weighted by Crippen LogP contribution is -2.52. The zero-order valence-corrected chi connectivity index (χ0v) is 23.6. The number of alkyl halides is 2. The molecule has 0 saturated carbocycles. The summed E-state index contributed by atoms with van der Waals surface area (Å²) in [6, 6.07) is 12.9. The van der Waals surface area contributed by atoms with E-state index in [-0.39, 0.29) is 55.0 Å². The summed E-state index contributed by atoms with van der Waals surface area (Å²) >= 11 is 0. The Kier molecular flexibility index (Phi) is 8.37. The van der Waals surface area contributed by atoms with Gasteiger partial charge in [0.15, 0.2) is 0 Å². The Balaban J connectivity index is 1.45. The maximum absolute atomic E-state index is 14.9. The number of hydrogen-bond donors (Lipinski definition) is 2. The van der Waals surface area contributed by atoms with Crippen LogP contribution in [0.1, 0.15) is 78.3 Å². The number of piperidine rings is 1. The molecule has 0 bridgehead atoms. The minimum Gasteiger partial charge on any atom is -0.489 e. The van der Waals surface area contributed by atoms with Crippen LogP contribution in [0.5, 0.6) is 5.75 Å². The van der Waals surface area contributed by atoms with Crippen molar-refractivity contribution in [1.29, 1.82) is 0 Å². The van der Waals surface area contributed by atoms with Gasteiger partial charge in [0.05, 0.1) is 12.1 Å². The second-order valence-corrected chi connectivity index (χ2v) is 11.4. The summed E-state index contributed by atoms with van der Waals surface area (Å²) in [4.78, 5) is 39.2. The summed E-state index contributed by atoms with van der Waals surface area (Å²) in [5, 5.41) is 5.33. The maximum atomic E-state index is 14.9. The van der Waals surface area contributed by atoms with Crippen LogP contribution in [0.3, 0.4) is 0 Å². The number of fused-ring (bicyclic) bond motifs is 1. The van der Waals surface area contributed by atoms with Crippen molar-refractivity contribution in [3.63, 3.8) is 0 Å². The first-order valence-corrected chi connectivity index (χ1v) is 13.6. The summed E-state index contributed by atoms with van der Waals surface area (Å²) in [6.45, 7) is 6.43. The van der Waals surface area contributed by atoms with Crippen molar-refractivity contribution in [2.75, 3.05) is 26.7 Å². The van der Waals surface area contributed by atoms with Crippen LogP contribution >= 0.6 is 0 Å². The van der Waals surface area contributed by atoms with Crippen LogP contribution in [0.2, 0.25) is 0 Å². The molecule has 0 radical (unpaired) electrons. The quantitative estimate of drug-likeness (QED) is 0.523. The average molecular weight is 558 g/mol. The van der Waals surface area contributed by atoms with E-state index in [4.69, 9.17) is 9.47 Å². The molecule has 8 nitrogen and oxygen atoms in total. The van der Waals surface area contributed by atoms with E-state index in [0.29, 0.717) is 5.75 Å². The third kappa shape index (κ3) is 6.37. The minimum absolute atomic E-state index is 0.0208. The number of benzene rings is 2. The first kappa shape index (κ1) is 29.3. The molecule has 1 saturated heterocycles. The SMILES string of the molecule is CNC(=O)c1cc(C(=O)NCCC2CCN(C(=O)OC(C)(C)C)CC2(F)F)cc2c1O[C@H](C)[C@H]2c1ccccc1. The number of carbonyl (C=O) groups is 3. The number of amides is 3. The van der Waals surface area contributed by atoms with Crippen molar-refractivity contribution in [2.45, 2.75) is 64.1 Å². The van der Waals surface area contributed by atoms with Gasteiger partial charge in [-0.15, -0.1) is 0 Å². The van der Waals surface area contributed by atoms with E-state index < -0.39 is 36.0 Å². The average Bonchev–Trinajstić information content (AvgIpc) is 3.23. The second-order valence-electron chi connectivity index (χ2n) is 11.4. The molecule has 1 fully saturated rings. The molecule has 0 aliphatic carbocycles. The zero-order chi connectivity index (χ0) is 29.2. The number of hydrogen-bond acceptors (Lipinski definition) is 5. The van der Waals surface area contributed by atoms with Crippen molar-refractivity contribution in [2.24, 2.45) is 5.92 Å². The molecule has 40 heavy (non-hydrogen) atoms. The monoisotopic (exact) mass is 557 g/mol. The summed E-state index contributed by atoms with van der Waals surface area (Å²) in [5.41, 5.74) is 1.45. The van der Waals surface area contributed by atoms with Gasteiger partial charge >= 0.3 is 6.09 Å². The summed E-state index contributed by atoms with van der Waals surface area (Å²) < 4.78 is 41.1. The minimum atomic E-state index is -3.11. The van der Waals surface area contributed by atoms with Crippen molar-refractivity contribution >= 4 is 17.9 Å². The van der Waals surface area contributed by atoms with Crippen molar-refractivity contribution in [3.8, 4) is 5.75 Å². The van der Waals surface area contributed by atoms with E-state index in [1.54, 1.807) is 26.8 Å². The molecule has 2 aromatic carbocycles. The van der Waals surface area contributed by atoms with Gasteiger partial charge in [-0.25, -0.2) is 13.6 Å². The van der Waals surface area contributed by atoms with E-state index in [1.165, 1.54) is 13.1 Å². The van der Waals surface area contributed by atoms with E-state index in [9.17, 15) is 23.2 Å². The number of halogens is 2. The zero-order valence-electron chi connectivity index (χ0n) is 23.6. The lowest BCUT2D eigenvalue weighted by atomic mass is 9.87. The molecule has 3 amide bonds. The van der Waals surface area contributed by atoms with Gasteiger partial charge in [0.2, 0.25) is 0 Å². The van der Waals surface area contributed by atoms with Crippen LogP contribution in [0.4, 0.5) is 13.6 Å². The van der Waals surface area contributed by atoms with Crippen molar-refractivity contribution in [3.05, 3.63) is 64.7 Å². The van der Waals surface area contributed by atoms with Crippen LogP contribution in [0.25, 0.3) is 0 Å². The van der Waals surface area contributed by atoms with Gasteiger partial charge in [-0.2, -0.15) is 0 Å². The van der Waals surface area contributed by atoms with Gasteiger partial charge in [0.25, 0.3) is 17.7 Å². The highest BCUT2D eigenvalue weighted by Crippen LogP contribution is 2.45. The van der Waals surface area contributed by atoms with Gasteiger partial charge in [-0.05, 0) is 58.2 Å². The molecule has 2 aliphatic rings. The van der Waals surface area contributed by atoms with E-state index in [1.807, 2.05) is 37.3 Å². The van der Waals surface area contributed by atoms with Gasteiger partial charge in [-0.1, -0.05) is 30.3 Å². The normalized spacial score (nSPS) is 21.7. The largest absolute Gasteiger partial charge is 0.489 e. The molecule has 0 aromatic heterocycles. The molecule has 10 heteroatoms. The molecule has 4 rings (SSSR count). The van der Waals surface area contributed by atoms with Gasteiger partial charge < -0.3 is 25.0 Å². The third-order valence-corrected chi connectivity index (χ3v) is 7.29. The lowest BCUT2D eigenvalue weighted by molar-refractivity contribution is -0.112. The highest BCUT2D eigenvalue weighted by molar-refractivity contribution is 6.02. The predicted octanol–water partition coefficient (Wildman–Crippen LogP) is 4.97. The summed E-state index contributed by atoms with van der Waals surface area (Å²) in [5.74, 6) is -4.70. The molecule has 1 unspecified atom stereocenters.